The van der Waals surface area contributed by atoms with E-state index in [-0.39, 0.29) is 5.91 Å². The van der Waals surface area contributed by atoms with E-state index in [1.54, 1.807) is 13.4 Å². The zero-order valence-corrected chi connectivity index (χ0v) is 10.2. The molecule has 0 saturated heterocycles. The molecule has 0 bridgehead atoms. The largest absolute Gasteiger partial charge is 0.366 e. The second-order valence-electron chi connectivity index (χ2n) is 3.66. The Kier molecular flexibility index (Phi) is 3.56. The maximum absolute atomic E-state index is 10.7. The predicted octanol–water partition coefficient (Wildman–Crippen LogP) is -0.0574. The molecule has 1 amide bonds. The SMILES string of the molecule is CNc1nc(NCCNC(C)=O)c2[nH]cnc2n1. The van der Waals surface area contributed by atoms with E-state index in [0.717, 1.165) is 5.52 Å². The lowest BCUT2D eigenvalue weighted by atomic mass is 10.4. The number of nitrogens with zero attached hydrogens (tertiary/aromatic N) is 3. The highest BCUT2D eigenvalue weighted by atomic mass is 16.1. The summed E-state index contributed by atoms with van der Waals surface area (Å²) in [4.78, 5) is 26.3. The molecule has 0 fully saturated rings. The van der Waals surface area contributed by atoms with Crippen molar-refractivity contribution in [1.82, 2.24) is 25.3 Å². The predicted molar refractivity (Wildman–Crippen MR) is 68.4 cm³/mol. The highest BCUT2D eigenvalue weighted by Crippen LogP contribution is 2.17. The van der Waals surface area contributed by atoms with E-state index < -0.39 is 0 Å². The lowest BCUT2D eigenvalue weighted by molar-refractivity contribution is -0.118. The fraction of sp³-hybridized carbons (Fsp3) is 0.400. The molecule has 4 N–H and O–H groups in total. The Labute approximate surface area is 104 Å². The Morgan fingerprint density at radius 1 is 1.39 bits per heavy atom. The summed E-state index contributed by atoms with van der Waals surface area (Å²) in [5.41, 5.74) is 1.34. The van der Waals surface area contributed by atoms with Gasteiger partial charge in [-0.15, -0.1) is 0 Å². The van der Waals surface area contributed by atoms with Crippen molar-refractivity contribution in [3.8, 4) is 0 Å². The molecule has 0 aliphatic heterocycles. The number of rotatable bonds is 5. The first-order valence-corrected chi connectivity index (χ1v) is 5.58. The van der Waals surface area contributed by atoms with E-state index in [9.17, 15) is 4.79 Å². The van der Waals surface area contributed by atoms with Gasteiger partial charge in [0.15, 0.2) is 11.5 Å². The van der Waals surface area contributed by atoms with Gasteiger partial charge in [-0.3, -0.25) is 4.79 Å². The van der Waals surface area contributed by atoms with Gasteiger partial charge in [0.05, 0.1) is 6.33 Å². The maximum atomic E-state index is 10.7. The summed E-state index contributed by atoms with van der Waals surface area (Å²) in [7, 11) is 1.74. The first kappa shape index (κ1) is 12.1. The van der Waals surface area contributed by atoms with Crippen LogP contribution in [0.2, 0.25) is 0 Å². The summed E-state index contributed by atoms with van der Waals surface area (Å²) < 4.78 is 0. The summed E-state index contributed by atoms with van der Waals surface area (Å²) >= 11 is 0. The number of aromatic nitrogens is 4. The van der Waals surface area contributed by atoms with Crippen molar-refractivity contribution < 1.29 is 4.79 Å². The molecule has 0 spiro atoms. The second-order valence-corrected chi connectivity index (χ2v) is 3.66. The number of hydrogen-bond acceptors (Lipinski definition) is 6. The zero-order chi connectivity index (χ0) is 13.0. The molecule has 18 heavy (non-hydrogen) atoms. The van der Waals surface area contributed by atoms with E-state index in [0.29, 0.717) is 30.5 Å². The van der Waals surface area contributed by atoms with Gasteiger partial charge in [-0.1, -0.05) is 0 Å². The molecular formula is C10H15N7O. The number of fused-ring (bicyclic) bond motifs is 1. The highest BCUT2D eigenvalue weighted by molar-refractivity contribution is 5.83. The average molecular weight is 249 g/mol. The number of nitrogens with one attached hydrogen (secondary N) is 4. The minimum atomic E-state index is -0.0536. The van der Waals surface area contributed by atoms with Crippen molar-refractivity contribution in [2.24, 2.45) is 0 Å². The smallest absolute Gasteiger partial charge is 0.226 e. The third-order valence-corrected chi connectivity index (χ3v) is 2.30. The third-order valence-electron chi connectivity index (χ3n) is 2.30. The topological polar surface area (TPSA) is 108 Å². The standard InChI is InChI=1S/C10H15N7O/c1-6(18)12-3-4-13-8-7-9(15-5-14-7)17-10(11-2)16-8/h5H,3-4H2,1-2H3,(H,12,18)(H3,11,13,14,15,16,17). The zero-order valence-electron chi connectivity index (χ0n) is 10.2. The van der Waals surface area contributed by atoms with Crippen molar-refractivity contribution in [2.75, 3.05) is 30.8 Å². The summed E-state index contributed by atoms with van der Waals surface area (Å²) in [5, 5.41) is 8.70. The normalized spacial score (nSPS) is 10.3. The van der Waals surface area contributed by atoms with Crippen LogP contribution in [0.15, 0.2) is 6.33 Å². The Bertz CT molecular complexity index is 550. The van der Waals surface area contributed by atoms with Crippen LogP contribution in [-0.2, 0) is 4.79 Å². The minimum Gasteiger partial charge on any atom is -0.366 e. The van der Waals surface area contributed by atoms with Gasteiger partial charge < -0.3 is 20.9 Å². The number of carbonyl (C=O) groups excluding carboxylic acids is 1. The fourth-order valence-corrected chi connectivity index (χ4v) is 1.49. The minimum absolute atomic E-state index is 0.0536. The highest BCUT2D eigenvalue weighted by Gasteiger charge is 2.08. The van der Waals surface area contributed by atoms with Gasteiger partial charge in [-0.25, -0.2) is 4.98 Å². The van der Waals surface area contributed by atoms with Gasteiger partial charge in [-0.05, 0) is 0 Å². The maximum Gasteiger partial charge on any atom is 0.226 e. The number of hydrogen-bond donors (Lipinski definition) is 4. The lowest BCUT2D eigenvalue weighted by Crippen LogP contribution is -2.26. The quantitative estimate of drug-likeness (QED) is 0.553. The van der Waals surface area contributed by atoms with E-state index >= 15 is 0 Å². The summed E-state index contributed by atoms with van der Waals surface area (Å²) in [6, 6.07) is 0. The summed E-state index contributed by atoms with van der Waals surface area (Å²) in [6.07, 6.45) is 1.57. The number of aromatic amines is 1. The molecular weight excluding hydrogens is 234 g/mol. The van der Waals surface area contributed by atoms with E-state index in [1.165, 1.54) is 6.92 Å². The van der Waals surface area contributed by atoms with Crippen molar-refractivity contribution in [3.63, 3.8) is 0 Å². The number of carbonyl (C=O) groups is 1. The Balaban J connectivity index is 2.10. The molecule has 0 aliphatic carbocycles. The number of anilines is 2. The van der Waals surface area contributed by atoms with Crippen LogP contribution in [0.25, 0.3) is 11.2 Å². The molecule has 8 heteroatoms. The van der Waals surface area contributed by atoms with E-state index in [2.05, 4.69) is 35.9 Å². The Hall–Kier alpha value is -2.38. The van der Waals surface area contributed by atoms with E-state index in [4.69, 9.17) is 0 Å². The van der Waals surface area contributed by atoms with Crippen molar-refractivity contribution in [1.29, 1.82) is 0 Å². The van der Waals surface area contributed by atoms with Crippen LogP contribution in [-0.4, -0.2) is 46.0 Å². The van der Waals surface area contributed by atoms with Gasteiger partial charge in [0, 0.05) is 27.1 Å². The summed E-state index contributed by atoms with van der Waals surface area (Å²) in [6.45, 7) is 2.59. The van der Waals surface area contributed by atoms with Gasteiger partial charge in [-0.2, -0.15) is 9.97 Å². The van der Waals surface area contributed by atoms with Crippen LogP contribution < -0.4 is 16.0 Å². The van der Waals surface area contributed by atoms with Crippen LogP contribution in [0, 0.1) is 0 Å². The first-order valence-electron chi connectivity index (χ1n) is 5.58. The van der Waals surface area contributed by atoms with Crippen molar-refractivity contribution in [3.05, 3.63) is 6.33 Å². The molecule has 0 saturated carbocycles. The molecule has 8 nitrogen and oxygen atoms in total. The monoisotopic (exact) mass is 249 g/mol. The van der Waals surface area contributed by atoms with Crippen LogP contribution in [0.3, 0.4) is 0 Å². The first-order chi connectivity index (χ1) is 8.70. The van der Waals surface area contributed by atoms with Gasteiger partial charge in [0.25, 0.3) is 0 Å². The van der Waals surface area contributed by atoms with Gasteiger partial charge >= 0.3 is 0 Å². The molecule has 2 aromatic heterocycles. The Morgan fingerprint density at radius 3 is 2.94 bits per heavy atom. The van der Waals surface area contributed by atoms with Crippen LogP contribution >= 0.6 is 0 Å². The van der Waals surface area contributed by atoms with Crippen LogP contribution in [0.5, 0.6) is 0 Å². The van der Waals surface area contributed by atoms with Crippen LogP contribution in [0.4, 0.5) is 11.8 Å². The summed E-state index contributed by atoms with van der Waals surface area (Å²) in [5.74, 6) is 1.10. The molecule has 0 atom stereocenters. The lowest BCUT2D eigenvalue weighted by Gasteiger charge is -2.08. The molecule has 96 valence electrons. The molecule has 2 rings (SSSR count). The second kappa shape index (κ2) is 5.30. The number of H-pyrrole nitrogens is 1. The molecule has 0 radical (unpaired) electrons. The molecule has 0 unspecified atom stereocenters. The fourth-order valence-electron chi connectivity index (χ4n) is 1.49. The van der Waals surface area contributed by atoms with Crippen molar-refractivity contribution in [2.45, 2.75) is 6.92 Å². The molecule has 2 aromatic rings. The third kappa shape index (κ3) is 2.65. The number of imidazole rings is 1. The molecule has 2 heterocycles. The molecule has 0 aromatic carbocycles. The average Bonchev–Trinajstić information content (AvgIpc) is 2.82. The van der Waals surface area contributed by atoms with Gasteiger partial charge in [0.2, 0.25) is 11.9 Å². The molecule has 0 aliphatic rings. The van der Waals surface area contributed by atoms with Crippen LogP contribution in [0.1, 0.15) is 6.92 Å². The Morgan fingerprint density at radius 2 is 2.22 bits per heavy atom. The van der Waals surface area contributed by atoms with E-state index in [1.807, 2.05) is 0 Å². The van der Waals surface area contributed by atoms with Gasteiger partial charge in [0.1, 0.15) is 5.52 Å². The van der Waals surface area contributed by atoms with Crippen molar-refractivity contribution >= 4 is 28.8 Å². The number of amides is 1.